The second kappa shape index (κ2) is 6.35. The normalized spacial score (nSPS) is 25.4. The Kier molecular flexibility index (Phi) is 4.77. The molecule has 2 N–H and O–H groups in total. The molecule has 0 radical (unpaired) electrons. The van der Waals surface area contributed by atoms with Crippen LogP contribution in [0.5, 0.6) is 0 Å². The predicted molar refractivity (Wildman–Crippen MR) is 78.4 cm³/mol. The summed E-state index contributed by atoms with van der Waals surface area (Å²) in [6, 6.07) is 4.47. The van der Waals surface area contributed by atoms with Crippen molar-refractivity contribution in [3.05, 3.63) is 23.9 Å². The molecule has 1 aliphatic heterocycles. The zero-order valence-electron chi connectivity index (χ0n) is 12.2. The van der Waals surface area contributed by atoms with E-state index in [1.165, 1.54) is 5.56 Å². The molecule has 106 valence electrons. The second-order valence-corrected chi connectivity index (χ2v) is 5.56. The third-order valence-corrected chi connectivity index (χ3v) is 3.57. The van der Waals surface area contributed by atoms with Gasteiger partial charge < -0.3 is 15.4 Å². The lowest BCUT2D eigenvalue weighted by molar-refractivity contribution is -0.00545. The molecule has 0 aromatic carbocycles. The highest BCUT2D eigenvalue weighted by atomic mass is 16.5. The number of nitrogens with zero attached hydrogens (tertiary/aromatic N) is 2. The van der Waals surface area contributed by atoms with Crippen molar-refractivity contribution in [2.45, 2.75) is 51.9 Å². The molecule has 0 amide bonds. The molecular formula is C15H25N3O. The smallest absolute Gasteiger partial charge is 0.128 e. The lowest BCUT2D eigenvalue weighted by Crippen LogP contribution is -2.45. The highest BCUT2D eigenvalue weighted by Crippen LogP contribution is 2.18. The molecule has 1 unspecified atom stereocenters. The molecule has 0 bridgehead atoms. The first-order chi connectivity index (χ1) is 9.08. The van der Waals surface area contributed by atoms with Gasteiger partial charge in [-0.1, -0.05) is 13.0 Å². The van der Waals surface area contributed by atoms with Crippen LogP contribution in [-0.2, 0) is 11.2 Å². The standard InChI is InChI=1S/C15H25N3O/c1-4-14(16)7-13-5-6-15(17-8-13)18-9-11(2)19-12(3)10-18/h5-6,8,11-12,14H,4,7,9-10,16H2,1-3H3/t11-,12+,14?. The molecule has 3 atom stereocenters. The van der Waals surface area contributed by atoms with E-state index in [1.807, 2.05) is 6.20 Å². The van der Waals surface area contributed by atoms with E-state index in [-0.39, 0.29) is 18.2 Å². The summed E-state index contributed by atoms with van der Waals surface area (Å²) in [5.74, 6) is 1.04. The van der Waals surface area contributed by atoms with E-state index in [9.17, 15) is 0 Å². The number of pyridine rings is 1. The molecule has 4 heteroatoms. The van der Waals surface area contributed by atoms with Gasteiger partial charge in [-0.3, -0.25) is 0 Å². The quantitative estimate of drug-likeness (QED) is 0.902. The lowest BCUT2D eigenvalue weighted by atomic mass is 10.1. The Balaban J connectivity index is 2.01. The first kappa shape index (κ1) is 14.3. The van der Waals surface area contributed by atoms with Crippen LogP contribution in [0.2, 0.25) is 0 Å². The fraction of sp³-hybridized carbons (Fsp3) is 0.667. The van der Waals surface area contributed by atoms with Crippen molar-refractivity contribution in [1.82, 2.24) is 4.98 Å². The van der Waals surface area contributed by atoms with Gasteiger partial charge in [0.15, 0.2) is 0 Å². The van der Waals surface area contributed by atoms with Crippen LogP contribution in [0.1, 0.15) is 32.8 Å². The Morgan fingerprint density at radius 2 is 2.05 bits per heavy atom. The minimum absolute atomic E-state index is 0.232. The van der Waals surface area contributed by atoms with E-state index in [2.05, 4.69) is 42.8 Å². The summed E-state index contributed by atoms with van der Waals surface area (Å²) in [5.41, 5.74) is 7.18. The average molecular weight is 263 g/mol. The van der Waals surface area contributed by atoms with E-state index in [0.717, 1.165) is 31.7 Å². The summed E-state index contributed by atoms with van der Waals surface area (Å²) in [6.07, 6.45) is 4.38. The SMILES string of the molecule is CCC(N)Cc1ccc(N2C[C@@H](C)O[C@@H](C)C2)nc1. The maximum Gasteiger partial charge on any atom is 0.128 e. The Morgan fingerprint density at radius 1 is 1.37 bits per heavy atom. The molecule has 1 aromatic rings. The molecule has 1 fully saturated rings. The van der Waals surface area contributed by atoms with Crippen LogP contribution in [0.4, 0.5) is 5.82 Å². The van der Waals surface area contributed by atoms with E-state index >= 15 is 0 Å². The molecule has 4 nitrogen and oxygen atoms in total. The van der Waals surface area contributed by atoms with Gasteiger partial charge in [-0.05, 0) is 38.3 Å². The van der Waals surface area contributed by atoms with Gasteiger partial charge in [-0.25, -0.2) is 4.98 Å². The van der Waals surface area contributed by atoms with E-state index in [0.29, 0.717) is 0 Å². The lowest BCUT2D eigenvalue weighted by Gasteiger charge is -2.36. The van der Waals surface area contributed by atoms with Gasteiger partial charge in [0.2, 0.25) is 0 Å². The largest absolute Gasteiger partial charge is 0.372 e. The van der Waals surface area contributed by atoms with Crippen molar-refractivity contribution in [2.24, 2.45) is 5.73 Å². The summed E-state index contributed by atoms with van der Waals surface area (Å²) in [6.45, 7) is 8.15. The van der Waals surface area contributed by atoms with Crippen LogP contribution in [0.25, 0.3) is 0 Å². The van der Waals surface area contributed by atoms with Crippen molar-refractivity contribution in [3.8, 4) is 0 Å². The molecule has 2 heterocycles. The summed E-state index contributed by atoms with van der Waals surface area (Å²) >= 11 is 0. The molecule has 0 spiro atoms. The Hall–Kier alpha value is -1.13. The zero-order chi connectivity index (χ0) is 13.8. The molecule has 1 saturated heterocycles. The number of hydrogen-bond acceptors (Lipinski definition) is 4. The fourth-order valence-electron chi connectivity index (χ4n) is 2.54. The molecule has 0 aliphatic carbocycles. The molecule has 1 aromatic heterocycles. The van der Waals surface area contributed by atoms with Crippen molar-refractivity contribution >= 4 is 5.82 Å². The minimum atomic E-state index is 0.232. The summed E-state index contributed by atoms with van der Waals surface area (Å²) in [5, 5.41) is 0. The van der Waals surface area contributed by atoms with Crippen LogP contribution >= 0.6 is 0 Å². The van der Waals surface area contributed by atoms with Gasteiger partial charge in [0.1, 0.15) is 5.82 Å². The van der Waals surface area contributed by atoms with E-state index in [1.54, 1.807) is 0 Å². The average Bonchev–Trinajstić information content (AvgIpc) is 2.38. The summed E-state index contributed by atoms with van der Waals surface area (Å²) in [4.78, 5) is 6.87. The number of ether oxygens (including phenoxy) is 1. The monoisotopic (exact) mass is 263 g/mol. The van der Waals surface area contributed by atoms with Crippen molar-refractivity contribution in [1.29, 1.82) is 0 Å². The molecule has 0 saturated carbocycles. The van der Waals surface area contributed by atoms with Gasteiger partial charge in [-0.15, -0.1) is 0 Å². The van der Waals surface area contributed by atoms with Gasteiger partial charge in [-0.2, -0.15) is 0 Å². The first-order valence-electron chi connectivity index (χ1n) is 7.19. The Morgan fingerprint density at radius 3 is 2.58 bits per heavy atom. The number of nitrogens with two attached hydrogens (primary N) is 1. The van der Waals surface area contributed by atoms with Gasteiger partial charge in [0, 0.05) is 25.3 Å². The van der Waals surface area contributed by atoms with Crippen molar-refractivity contribution in [3.63, 3.8) is 0 Å². The van der Waals surface area contributed by atoms with E-state index in [4.69, 9.17) is 10.5 Å². The zero-order valence-corrected chi connectivity index (χ0v) is 12.2. The van der Waals surface area contributed by atoms with Crippen LogP contribution < -0.4 is 10.6 Å². The van der Waals surface area contributed by atoms with Gasteiger partial charge in [0.25, 0.3) is 0 Å². The molecular weight excluding hydrogens is 238 g/mol. The number of morpholine rings is 1. The van der Waals surface area contributed by atoms with Gasteiger partial charge in [0.05, 0.1) is 12.2 Å². The minimum Gasteiger partial charge on any atom is -0.372 e. The number of aromatic nitrogens is 1. The highest BCUT2D eigenvalue weighted by molar-refractivity contribution is 5.40. The second-order valence-electron chi connectivity index (χ2n) is 5.56. The molecule has 1 aliphatic rings. The predicted octanol–water partition coefficient (Wildman–Crippen LogP) is 1.97. The maximum atomic E-state index is 5.97. The Labute approximate surface area is 116 Å². The topological polar surface area (TPSA) is 51.4 Å². The summed E-state index contributed by atoms with van der Waals surface area (Å²) in [7, 11) is 0. The molecule has 19 heavy (non-hydrogen) atoms. The fourth-order valence-corrected chi connectivity index (χ4v) is 2.54. The highest BCUT2D eigenvalue weighted by Gasteiger charge is 2.22. The third-order valence-electron chi connectivity index (χ3n) is 3.57. The van der Waals surface area contributed by atoms with Gasteiger partial charge >= 0.3 is 0 Å². The molecule has 2 rings (SSSR count). The number of rotatable bonds is 4. The summed E-state index contributed by atoms with van der Waals surface area (Å²) < 4.78 is 5.74. The Bertz CT molecular complexity index is 383. The number of anilines is 1. The van der Waals surface area contributed by atoms with Crippen LogP contribution in [0.15, 0.2) is 18.3 Å². The van der Waals surface area contributed by atoms with Crippen LogP contribution in [0, 0.1) is 0 Å². The van der Waals surface area contributed by atoms with Crippen molar-refractivity contribution < 1.29 is 4.74 Å². The van der Waals surface area contributed by atoms with E-state index < -0.39 is 0 Å². The first-order valence-corrected chi connectivity index (χ1v) is 7.19. The number of hydrogen-bond donors (Lipinski definition) is 1. The van der Waals surface area contributed by atoms with Crippen LogP contribution in [-0.4, -0.2) is 36.3 Å². The van der Waals surface area contributed by atoms with Crippen molar-refractivity contribution in [2.75, 3.05) is 18.0 Å². The van der Waals surface area contributed by atoms with Crippen LogP contribution in [0.3, 0.4) is 0 Å². The maximum absolute atomic E-state index is 5.97. The third kappa shape index (κ3) is 3.91.